The second-order valence-corrected chi connectivity index (χ2v) is 5.68. The molecule has 1 aromatic carbocycles. The number of halogens is 1. The van der Waals surface area contributed by atoms with E-state index in [1.165, 1.54) is 30.7 Å². The SMILES string of the molecule is N#Cc1c(F)cccc1Sc1nnnn1C1CCCC1. The number of rotatable bonds is 3. The number of nitriles is 1. The Hall–Kier alpha value is -1.94. The lowest BCUT2D eigenvalue weighted by Gasteiger charge is -2.11. The Morgan fingerprint density at radius 3 is 2.90 bits per heavy atom. The molecule has 1 saturated carbocycles. The zero-order chi connectivity index (χ0) is 13.9. The van der Waals surface area contributed by atoms with Gasteiger partial charge < -0.3 is 0 Å². The van der Waals surface area contributed by atoms with Gasteiger partial charge in [-0.25, -0.2) is 9.07 Å². The molecule has 0 saturated heterocycles. The van der Waals surface area contributed by atoms with E-state index in [0.717, 1.165) is 12.8 Å². The highest BCUT2D eigenvalue weighted by atomic mass is 32.2. The summed E-state index contributed by atoms with van der Waals surface area (Å²) in [6.07, 6.45) is 4.48. The normalized spacial score (nSPS) is 15.4. The third-order valence-electron chi connectivity index (χ3n) is 3.42. The molecule has 0 spiro atoms. The molecule has 102 valence electrons. The monoisotopic (exact) mass is 289 g/mol. The fourth-order valence-electron chi connectivity index (χ4n) is 2.43. The van der Waals surface area contributed by atoms with E-state index in [0.29, 0.717) is 16.1 Å². The number of hydrogen-bond donors (Lipinski definition) is 0. The van der Waals surface area contributed by atoms with Crippen molar-refractivity contribution in [2.24, 2.45) is 0 Å². The van der Waals surface area contributed by atoms with Gasteiger partial charge >= 0.3 is 0 Å². The maximum atomic E-state index is 13.6. The highest BCUT2D eigenvalue weighted by Crippen LogP contribution is 2.35. The molecular formula is C13H12FN5S. The summed E-state index contributed by atoms with van der Waals surface area (Å²) in [7, 11) is 0. The van der Waals surface area contributed by atoms with Crippen molar-refractivity contribution in [2.75, 3.05) is 0 Å². The van der Waals surface area contributed by atoms with Crippen molar-refractivity contribution in [3.05, 3.63) is 29.6 Å². The van der Waals surface area contributed by atoms with Crippen molar-refractivity contribution in [3.8, 4) is 6.07 Å². The van der Waals surface area contributed by atoms with Gasteiger partial charge in [0.1, 0.15) is 17.4 Å². The van der Waals surface area contributed by atoms with Crippen LogP contribution in [-0.4, -0.2) is 20.2 Å². The number of benzene rings is 1. The quantitative estimate of drug-likeness (QED) is 0.869. The van der Waals surface area contributed by atoms with Gasteiger partial charge in [0.2, 0.25) is 5.16 Å². The topological polar surface area (TPSA) is 67.4 Å². The van der Waals surface area contributed by atoms with E-state index in [4.69, 9.17) is 5.26 Å². The molecule has 0 bridgehead atoms. The second-order valence-electron chi connectivity index (χ2n) is 4.67. The van der Waals surface area contributed by atoms with Crippen LogP contribution in [-0.2, 0) is 0 Å². The predicted molar refractivity (Wildman–Crippen MR) is 70.6 cm³/mol. The zero-order valence-electron chi connectivity index (χ0n) is 10.7. The van der Waals surface area contributed by atoms with Gasteiger partial charge in [-0.05, 0) is 47.2 Å². The fourth-order valence-corrected chi connectivity index (χ4v) is 3.37. The molecule has 1 aliphatic carbocycles. The molecular weight excluding hydrogens is 277 g/mol. The first kappa shape index (κ1) is 13.1. The summed E-state index contributed by atoms with van der Waals surface area (Å²) in [4.78, 5) is 0.543. The first-order chi connectivity index (χ1) is 9.79. The largest absolute Gasteiger partial charge is 0.217 e. The van der Waals surface area contributed by atoms with Crippen LogP contribution in [0, 0.1) is 17.1 Å². The highest BCUT2D eigenvalue weighted by molar-refractivity contribution is 7.99. The summed E-state index contributed by atoms with van der Waals surface area (Å²) in [5.41, 5.74) is 0.0403. The van der Waals surface area contributed by atoms with E-state index in [1.807, 2.05) is 6.07 Å². The van der Waals surface area contributed by atoms with Crippen LogP contribution in [0.2, 0.25) is 0 Å². The van der Waals surface area contributed by atoms with Crippen molar-refractivity contribution in [3.63, 3.8) is 0 Å². The Labute approximate surface area is 119 Å². The molecule has 0 radical (unpaired) electrons. The lowest BCUT2D eigenvalue weighted by molar-refractivity contribution is 0.423. The number of nitrogens with zero attached hydrogens (tertiary/aromatic N) is 5. The lowest BCUT2D eigenvalue weighted by atomic mass is 10.2. The van der Waals surface area contributed by atoms with Gasteiger partial charge in [0.25, 0.3) is 0 Å². The van der Waals surface area contributed by atoms with E-state index < -0.39 is 5.82 Å². The Bertz CT molecular complexity index is 657. The minimum absolute atomic E-state index is 0.0403. The minimum Gasteiger partial charge on any atom is -0.217 e. The van der Waals surface area contributed by atoms with Crippen LogP contribution in [0.5, 0.6) is 0 Å². The Morgan fingerprint density at radius 1 is 1.35 bits per heavy atom. The Balaban J connectivity index is 1.91. The van der Waals surface area contributed by atoms with Crippen LogP contribution in [0.25, 0.3) is 0 Å². The Morgan fingerprint density at radius 2 is 2.15 bits per heavy atom. The molecule has 1 fully saturated rings. The summed E-state index contributed by atoms with van der Waals surface area (Å²) in [6.45, 7) is 0. The van der Waals surface area contributed by atoms with Crippen LogP contribution in [0.3, 0.4) is 0 Å². The Kier molecular flexibility index (Phi) is 3.65. The van der Waals surface area contributed by atoms with Gasteiger partial charge in [-0.1, -0.05) is 18.9 Å². The molecule has 1 aromatic heterocycles. The molecule has 0 atom stereocenters. The number of tetrazole rings is 1. The summed E-state index contributed by atoms with van der Waals surface area (Å²) < 4.78 is 15.4. The summed E-state index contributed by atoms with van der Waals surface area (Å²) in [5, 5.41) is 21.4. The van der Waals surface area contributed by atoms with Gasteiger partial charge in [-0.3, -0.25) is 0 Å². The van der Waals surface area contributed by atoms with E-state index in [-0.39, 0.29) is 5.56 Å². The molecule has 7 heteroatoms. The predicted octanol–water partition coefficient (Wildman–Crippen LogP) is 2.95. The molecule has 5 nitrogen and oxygen atoms in total. The van der Waals surface area contributed by atoms with Crippen molar-refractivity contribution >= 4 is 11.8 Å². The van der Waals surface area contributed by atoms with Crippen molar-refractivity contribution in [1.29, 1.82) is 5.26 Å². The summed E-state index contributed by atoms with van der Waals surface area (Å²) >= 11 is 1.24. The van der Waals surface area contributed by atoms with E-state index >= 15 is 0 Å². The highest BCUT2D eigenvalue weighted by Gasteiger charge is 2.22. The minimum atomic E-state index is -0.516. The van der Waals surface area contributed by atoms with E-state index in [9.17, 15) is 4.39 Å². The number of hydrogen-bond acceptors (Lipinski definition) is 5. The van der Waals surface area contributed by atoms with Crippen LogP contribution in [0.15, 0.2) is 28.3 Å². The zero-order valence-corrected chi connectivity index (χ0v) is 11.5. The van der Waals surface area contributed by atoms with Gasteiger partial charge in [0, 0.05) is 4.90 Å². The third-order valence-corrected chi connectivity index (χ3v) is 4.43. The number of aromatic nitrogens is 4. The standard InChI is InChI=1S/C13H12FN5S/c14-11-6-3-7-12(10(11)8-15)20-13-16-17-18-19(13)9-4-1-2-5-9/h3,6-7,9H,1-2,4-5H2. The molecule has 1 heterocycles. The summed E-state index contributed by atoms with van der Waals surface area (Å²) in [5.74, 6) is -0.516. The van der Waals surface area contributed by atoms with Crippen molar-refractivity contribution in [1.82, 2.24) is 20.2 Å². The van der Waals surface area contributed by atoms with Crippen molar-refractivity contribution in [2.45, 2.75) is 41.8 Å². The lowest BCUT2D eigenvalue weighted by Crippen LogP contribution is -2.08. The van der Waals surface area contributed by atoms with E-state index in [1.54, 1.807) is 16.8 Å². The molecule has 1 aliphatic rings. The molecule has 3 rings (SSSR count). The molecule has 0 amide bonds. The maximum Gasteiger partial charge on any atom is 0.214 e. The average Bonchev–Trinajstić information content (AvgIpc) is 3.09. The first-order valence-electron chi connectivity index (χ1n) is 6.44. The van der Waals surface area contributed by atoms with Gasteiger partial charge in [-0.15, -0.1) is 5.10 Å². The van der Waals surface area contributed by atoms with Crippen LogP contribution < -0.4 is 0 Å². The fraction of sp³-hybridized carbons (Fsp3) is 0.385. The van der Waals surface area contributed by atoms with Gasteiger partial charge in [0.15, 0.2) is 0 Å². The van der Waals surface area contributed by atoms with E-state index in [2.05, 4.69) is 15.5 Å². The summed E-state index contributed by atoms with van der Waals surface area (Å²) in [6, 6.07) is 6.78. The third kappa shape index (κ3) is 2.39. The second kappa shape index (κ2) is 5.59. The molecule has 0 aliphatic heterocycles. The van der Waals surface area contributed by atoms with Crippen LogP contribution in [0.4, 0.5) is 4.39 Å². The van der Waals surface area contributed by atoms with Crippen molar-refractivity contribution < 1.29 is 4.39 Å². The molecule has 20 heavy (non-hydrogen) atoms. The first-order valence-corrected chi connectivity index (χ1v) is 7.25. The van der Waals surface area contributed by atoms with Gasteiger partial charge in [0.05, 0.1) is 6.04 Å². The smallest absolute Gasteiger partial charge is 0.214 e. The molecule has 2 aromatic rings. The maximum absolute atomic E-state index is 13.6. The average molecular weight is 289 g/mol. The van der Waals surface area contributed by atoms with Crippen LogP contribution in [0.1, 0.15) is 37.3 Å². The van der Waals surface area contributed by atoms with Gasteiger partial charge in [-0.2, -0.15) is 5.26 Å². The molecule has 0 N–H and O–H groups in total. The van der Waals surface area contributed by atoms with Crippen LogP contribution >= 0.6 is 11.8 Å². The molecule has 0 unspecified atom stereocenters.